The molecule has 1 amide bonds. The predicted molar refractivity (Wildman–Crippen MR) is 117 cm³/mol. The van der Waals surface area contributed by atoms with Gasteiger partial charge in [0.15, 0.2) is 0 Å². The van der Waals surface area contributed by atoms with E-state index in [4.69, 9.17) is 0 Å². The topological polar surface area (TPSA) is 64.0 Å². The average molecular weight is 395 g/mol. The number of rotatable bonds is 6. The fourth-order valence-corrected chi connectivity index (χ4v) is 3.31. The average Bonchev–Trinajstić information content (AvgIpc) is 2.80. The molecule has 0 spiro atoms. The second-order valence-electron chi connectivity index (χ2n) is 6.90. The van der Waals surface area contributed by atoms with Crippen molar-refractivity contribution in [2.75, 3.05) is 0 Å². The summed E-state index contributed by atoms with van der Waals surface area (Å²) in [6.07, 6.45) is 1.28. The van der Waals surface area contributed by atoms with Crippen LogP contribution in [0.5, 0.6) is 0 Å². The molecule has 0 unspecified atom stereocenters. The van der Waals surface area contributed by atoms with Crippen molar-refractivity contribution < 1.29 is 4.79 Å². The molecule has 5 nitrogen and oxygen atoms in total. The Bertz CT molecular complexity index is 1190. The Hall–Kier alpha value is -3.99. The second kappa shape index (κ2) is 9.01. The van der Waals surface area contributed by atoms with Gasteiger partial charge in [0.05, 0.1) is 18.4 Å². The van der Waals surface area contributed by atoms with E-state index in [1.165, 1.54) is 10.8 Å². The molecule has 0 aliphatic rings. The van der Waals surface area contributed by atoms with Gasteiger partial charge in [-0.25, -0.2) is 4.98 Å². The molecule has 3 aromatic carbocycles. The Labute approximate surface area is 174 Å². The first-order valence-corrected chi connectivity index (χ1v) is 9.73. The molecule has 0 radical (unpaired) electrons. The number of amides is 1. The SMILES string of the molecule is O=C(NCc1ccccc1)c1c(-c2ccccc2)ncc(=O)n1Cc1ccccc1. The van der Waals surface area contributed by atoms with Crippen molar-refractivity contribution in [2.24, 2.45) is 0 Å². The molecular formula is C25H21N3O2. The van der Waals surface area contributed by atoms with E-state index in [0.717, 1.165) is 16.7 Å². The first-order valence-electron chi connectivity index (χ1n) is 9.73. The molecule has 0 saturated carbocycles. The Morgan fingerprint density at radius 2 is 1.37 bits per heavy atom. The zero-order valence-corrected chi connectivity index (χ0v) is 16.4. The van der Waals surface area contributed by atoms with Gasteiger partial charge in [0.25, 0.3) is 11.5 Å². The summed E-state index contributed by atoms with van der Waals surface area (Å²) in [5.41, 5.74) is 3.12. The normalized spacial score (nSPS) is 10.5. The van der Waals surface area contributed by atoms with E-state index in [1.807, 2.05) is 91.0 Å². The van der Waals surface area contributed by atoms with Gasteiger partial charge >= 0.3 is 0 Å². The lowest BCUT2D eigenvalue weighted by Gasteiger charge is -2.16. The minimum atomic E-state index is -0.334. The number of hydrogen-bond donors (Lipinski definition) is 1. The zero-order chi connectivity index (χ0) is 20.8. The summed E-state index contributed by atoms with van der Waals surface area (Å²) in [4.78, 5) is 30.3. The van der Waals surface area contributed by atoms with E-state index < -0.39 is 0 Å². The van der Waals surface area contributed by atoms with E-state index >= 15 is 0 Å². The lowest BCUT2D eigenvalue weighted by molar-refractivity contribution is 0.0941. The summed E-state index contributed by atoms with van der Waals surface area (Å²) in [6.45, 7) is 0.651. The van der Waals surface area contributed by atoms with Crippen LogP contribution in [0.25, 0.3) is 11.3 Å². The van der Waals surface area contributed by atoms with Crippen molar-refractivity contribution in [1.82, 2.24) is 14.9 Å². The summed E-state index contributed by atoms with van der Waals surface area (Å²) in [5.74, 6) is -0.334. The molecule has 0 fully saturated rings. The van der Waals surface area contributed by atoms with Crippen molar-refractivity contribution in [3.63, 3.8) is 0 Å². The molecule has 4 rings (SSSR count). The van der Waals surface area contributed by atoms with Gasteiger partial charge in [-0.1, -0.05) is 91.0 Å². The maximum Gasteiger partial charge on any atom is 0.270 e. The zero-order valence-electron chi connectivity index (χ0n) is 16.4. The highest BCUT2D eigenvalue weighted by molar-refractivity contribution is 5.98. The van der Waals surface area contributed by atoms with Crippen molar-refractivity contribution in [1.29, 1.82) is 0 Å². The number of nitrogens with one attached hydrogen (secondary N) is 1. The molecule has 0 aliphatic carbocycles. The van der Waals surface area contributed by atoms with E-state index in [1.54, 1.807) is 0 Å². The van der Waals surface area contributed by atoms with Gasteiger partial charge in [-0.05, 0) is 11.1 Å². The molecular weight excluding hydrogens is 374 g/mol. The fourth-order valence-electron chi connectivity index (χ4n) is 3.31. The van der Waals surface area contributed by atoms with Crippen molar-refractivity contribution in [3.05, 3.63) is 124 Å². The summed E-state index contributed by atoms with van der Waals surface area (Å²) in [6, 6.07) is 28.7. The van der Waals surface area contributed by atoms with Crippen LogP contribution in [0.15, 0.2) is 102 Å². The number of aromatic nitrogens is 2. The highest BCUT2D eigenvalue weighted by Gasteiger charge is 2.20. The summed E-state index contributed by atoms with van der Waals surface area (Å²) in [5, 5.41) is 2.94. The molecule has 0 saturated heterocycles. The number of carbonyl (C=O) groups excluding carboxylic acids is 1. The molecule has 30 heavy (non-hydrogen) atoms. The van der Waals surface area contributed by atoms with Crippen molar-refractivity contribution >= 4 is 5.91 Å². The Morgan fingerprint density at radius 1 is 0.800 bits per heavy atom. The Kier molecular flexibility index (Phi) is 5.80. The smallest absolute Gasteiger partial charge is 0.270 e. The minimum Gasteiger partial charge on any atom is -0.347 e. The highest BCUT2D eigenvalue weighted by Crippen LogP contribution is 2.21. The van der Waals surface area contributed by atoms with E-state index in [0.29, 0.717) is 12.2 Å². The van der Waals surface area contributed by atoms with Crippen LogP contribution in [0.3, 0.4) is 0 Å². The fraction of sp³-hybridized carbons (Fsp3) is 0.0800. The number of nitrogens with zero attached hydrogens (tertiary/aromatic N) is 2. The van der Waals surface area contributed by atoms with Gasteiger partial charge in [0, 0.05) is 12.1 Å². The number of hydrogen-bond acceptors (Lipinski definition) is 3. The third-order valence-electron chi connectivity index (χ3n) is 4.81. The van der Waals surface area contributed by atoms with Crippen molar-refractivity contribution in [3.8, 4) is 11.3 Å². The lowest BCUT2D eigenvalue weighted by Crippen LogP contribution is -2.33. The van der Waals surface area contributed by atoms with Crippen LogP contribution < -0.4 is 10.9 Å². The maximum atomic E-state index is 13.3. The maximum absolute atomic E-state index is 13.3. The Balaban J connectivity index is 1.77. The molecule has 1 heterocycles. The molecule has 148 valence electrons. The van der Waals surface area contributed by atoms with E-state index in [9.17, 15) is 9.59 Å². The molecule has 0 aliphatic heterocycles. The van der Waals surface area contributed by atoms with Crippen LogP contribution in [0.2, 0.25) is 0 Å². The van der Waals surface area contributed by atoms with Crippen LogP contribution in [0.4, 0.5) is 0 Å². The first-order chi connectivity index (χ1) is 14.7. The van der Waals surface area contributed by atoms with Crippen LogP contribution in [0.1, 0.15) is 21.6 Å². The van der Waals surface area contributed by atoms with Gasteiger partial charge in [-0.2, -0.15) is 0 Å². The van der Waals surface area contributed by atoms with Gasteiger partial charge in [0.1, 0.15) is 5.69 Å². The summed E-state index contributed by atoms with van der Waals surface area (Å²) in [7, 11) is 0. The van der Waals surface area contributed by atoms with Gasteiger partial charge in [-0.3, -0.25) is 14.2 Å². The number of carbonyl (C=O) groups is 1. The molecule has 4 aromatic rings. The minimum absolute atomic E-state index is 0.258. The highest BCUT2D eigenvalue weighted by atomic mass is 16.2. The summed E-state index contributed by atoms with van der Waals surface area (Å²) >= 11 is 0. The predicted octanol–water partition coefficient (Wildman–Crippen LogP) is 3.89. The van der Waals surface area contributed by atoms with Gasteiger partial charge in [0.2, 0.25) is 0 Å². The standard InChI is InChI=1S/C25H21N3O2/c29-22-17-26-23(21-14-8-3-9-15-21)24(28(22)18-20-12-6-2-7-13-20)25(30)27-16-19-10-4-1-5-11-19/h1-15,17H,16,18H2,(H,27,30). The van der Waals surface area contributed by atoms with Crippen LogP contribution in [-0.4, -0.2) is 15.5 Å². The van der Waals surface area contributed by atoms with Crippen LogP contribution in [-0.2, 0) is 13.1 Å². The Morgan fingerprint density at radius 3 is 2.00 bits per heavy atom. The molecule has 1 aromatic heterocycles. The molecule has 1 N–H and O–H groups in total. The van der Waals surface area contributed by atoms with E-state index in [2.05, 4.69) is 10.3 Å². The van der Waals surface area contributed by atoms with Crippen molar-refractivity contribution in [2.45, 2.75) is 13.1 Å². The third kappa shape index (κ3) is 4.36. The molecule has 5 heteroatoms. The lowest BCUT2D eigenvalue weighted by atomic mass is 10.1. The van der Waals surface area contributed by atoms with Gasteiger partial charge < -0.3 is 5.32 Å². The first kappa shape index (κ1) is 19.3. The quantitative estimate of drug-likeness (QED) is 0.539. The molecule has 0 bridgehead atoms. The summed E-state index contributed by atoms with van der Waals surface area (Å²) < 4.78 is 1.49. The van der Waals surface area contributed by atoms with Crippen LogP contribution in [0, 0.1) is 0 Å². The molecule has 0 atom stereocenters. The van der Waals surface area contributed by atoms with E-state index in [-0.39, 0.29) is 23.7 Å². The monoisotopic (exact) mass is 395 g/mol. The number of benzene rings is 3. The second-order valence-corrected chi connectivity index (χ2v) is 6.90. The third-order valence-corrected chi connectivity index (χ3v) is 4.81. The van der Waals surface area contributed by atoms with Crippen LogP contribution >= 0.6 is 0 Å². The van der Waals surface area contributed by atoms with Gasteiger partial charge in [-0.15, -0.1) is 0 Å². The largest absolute Gasteiger partial charge is 0.347 e.